The number of hydrogen-bond acceptors (Lipinski definition) is 3. The first-order valence-electron chi connectivity index (χ1n) is 18.2. The average molecular weight is 706 g/mol. The lowest BCUT2D eigenvalue weighted by Crippen LogP contribution is -2.77. The second kappa shape index (κ2) is 10.3. The molecule has 0 bridgehead atoms. The van der Waals surface area contributed by atoms with Gasteiger partial charge in [0.05, 0.1) is 23.2 Å². The molecular weight excluding hydrogens is 672 g/mol. The van der Waals surface area contributed by atoms with Gasteiger partial charge < -0.3 is 9.88 Å². The van der Waals surface area contributed by atoms with Crippen LogP contribution in [0.3, 0.4) is 0 Å². The smallest absolute Gasteiger partial charge is 0.370 e. The first-order valence-corrected chi connectivity index (χ1v) is 18.2. The fourth-order valence-corrected chi connectivity index (χ4v) is 10.3. The van der Waals surface area contributed by atoms with Crippen LogP contribution in [-0.2, 0) is 17.3 Å². The molecule has 11 rings (SSSR count). The maximum absolute atomic E-state index is 14.3. The van der Waals surface area contributed by atoms with Crippen LogP contribution in [0.25, 0.3) is 38.9 Å². The Morgan fingerprint density at radius 1 is 0.887 bits per heavy atom. The van der Waals surface area contributed by atoms with E-state index in [0.29, 0.717) is 25.1 Å². The van der Waals surface area contributed by atoms with Gasteiger partial charge in [0.1, 0.15) is 23.3 Å². The summed E-state index contributed by atoms with van der Waals surface area (Å²) in [6.45, 7) is 4.82. The number of para-hydroxylation sites is 2. The standard InChI is InChI=1S/C43H34F3N7/c1-3-41-24-29(42(41,4-2)50-22-11-10-18-32(50)34-23-36(43(44,45)46)49-53(34)41)39-28-19-20-33-37(38(28)35-25-48-30-16-12-21-47-40(30)52(35)39)27-15-8-9-17-31(27)51(33)26-13-6-5-7-14-26/h5-24,39,48H,3-4,25H2,1-2H3/q+2. The third kappa shape index (κ3) is 3.61. The minimum absolute atomic E-state index is 0.265. The van der Waals surface area contributed by atoms with E-state index in [2.05, 4.69) is 111 Å². The summed E-state index contributed by atoms with van der Waals surface area (Å²) in [7, 11) is 0. The summed E-state index contributed by atoms with van der Waals surface area (Å²) >= 11 is 0. The van der Waals surface area contributed by atoms with Gasteiger partial charge in [0.15, 0.2) is 23.5 Å². The number of benzene rings is 3. The van der Waals surface area contributed by atoms with Crippen molar-refractivity contribution < 1.29 is 22.3 Å². The van der Waals surface area contributed by atoms with Gasteiger partial charge in [0, 0.05) is 52.2 Å². The van der Waals surface area contributed by atoms with Crippen LogP contribution in [0.4, 0.5) is 24.7 Å². The molecule has 7 nitrogen and oxygen atoms in total. The van der Waals surface area contributed by atoms with Crippen molar-refractivity contribution in [2.75, 3.05) is 11.9 Å². The Morgan fingerprint density at radius 3 is 2.51 bits per heavy atom. The summed E-state index contributed by atoms with van der Waals surface area (Å²) in [5.41, 5.74) is 7.66. The van der Waals surface area contributed by atoms with Crippen LogP contribution in [0.2, 0.25) is 0 Å². The molecule has 3 unspecified atom stereocenters. The molecule has 1 N–H and O–H groups in total. The van der Waals surface area contributed by atoms with Gasteiger partial charge in [0.25, 0.3) is 0 Å². The van der Waals surface area contributed by atoms with E-state index in [-0.39, 0.29) is 6.04 Å². The molecule has 260 valence electrons. The molecule has 0 fully saturated rings. The van der Waals surface area contributed by atoms with Crippen molar-refractivity contribution >= 4 is 39.0 Å². The molecule has 7 heterocycles. The van der Waals surface area contributed by atoms with E-state index in [0.717, 1.165) is 56.2 Å². The number of fused-ring (bicyclic) bond motifs is 14. The van der Waals surface area contributed by atoms with E-state index in [1.807, 2.05) is 42.7 Å². The molecule has 3 atom stereocenters. The molecule has 1 aliphatic carbocycles. The van der Waals surface area contributed by atoms with Gasteiger partial charge in [-0.25, -0.2) is 9.26 Å². The molecule has 3 aliphatic heterocycles. The number of nitrogens with one attached hydrogen (secondary N) is 1. The molecule has 0 saturated carbocycles. The number of alkyl halides is 3. The number of halogens is 3. The van der Waals surface area contributed by atoms with Gasteiger partial charge in [-0.3, -0.25) is 0 Å². The zero-order valence-electron chi connectivity index (χ0n) is 29.1. The molecule has 4 aliphatic rings. The summed E-state index contributed by atoms with van der Waals surface area (Å²) in [6, 6.07) is 34.3. The minimum atomic E-state index is -4.57. The molecule has 0 saturated heterocycles. The van der Waals surface area contributed by atoms with Crippen molar-refractivity contribution in [2.24, 2.45) is 0 Å². The third-order valence-electron chi connectivity index (χ3n) is 12.3. The number of rotatable bonds is 4. The number of aromatic nitrogens is 5. The highest BCUT2D eigenvalue weighted by atomic mass is 19.4. The normalized spacial score (nSPS) is 22.3. The summed E-state index contributed by atoms with van der Waals surface area (Å²) in [4.78, 5) is 4.99. The highest BCUT2D eigenvalue weighted by molar-refractivity contribution is 6.22. The van der Waals surface area contributed by atoms with Crippen molar-refractivity contribution in [3.8, 4) is 17.1 Å². The van der Waals surface area contributed by atoms with E-state index < -0.39 is 22.9 Å². The molecule has 7 aromatic rings. The Morgan fingerprint density at radius 2 is 1.70 bits per heavy atom. The molecule has 10 heteroatoms. The number of anilines is 1. The van der Waals surface area contributed by atoms with Crippen molar-refractivity contribution in [3.05, 3.63) is 144 Å². The molecule has 53 heavy (non-hydrogen) atoms. The van der Waals surface area contributed by atoms with Crippen molar-refractivity contribution in [1.29, 1.82) is 0 Å². The van der Waals surface area contributed by atoms with Crippen LogP contribution < -0.4 is 9.88 Å². The maximum atomic E-state index is 14.3. The second-order valence-electron chi connectivity index (χ2n) is 14.4. The van der Waals surface area contributed by atoms with Crippen LogP contribution >= 0.6 is 0 Å². The first-order chi connectivity index (χ1) is 25.8. The summed E-state index contributed by atoms with van der Waals surface area (Å²) in [5, 5.41) is 10.4. The van der Waals surface area contributed by atoms with Crippen LogP contribution in [0.15, 0.2) is 127 Å². The summed E-state index contributed by atoms with van der Waals surface area (Å²) < 4.78 is 51.7. The Hall–Kier alpha value is -6.03. The first kappa shape index (κ1) is 30.6. The molecule has 0 radical (unpaired) electrons. The molecule has 0 spiro atoms. The van der Waals surface area contributed by atoms with E-state index >= 15 is 0 Å². The van der Waals surface area contributed by atoms with Crippen LogP contribution in [0.1, 0.15) is 49.6 Å². The third-order valence-corrected chi connectivity index (χ3v) is 12.3. The topological polar surface area (TPSA) is 54.6 Å². The number of hydrogen-bond donors (Lipinski definition) is 1. The van der Waals surface area contributed by atoms with Crippen molar-refractivity contribution in [3.63, 3.8) is 0 Å². The van der Waals surface area contributed by atoms with Crippen molar-refractivity contribution in [1.82, 2.24) is 19.3 Å². The summed E-state index contributed by atoms with van der Waals surface area (Å²) in [5.74, 6) is 0.837. The van der Waals surface area contributed by atoms with E-state index in [9.17, 15) is 13.2 Å². The zero-order chi connectivity index (χ0) is 35.9. The molecule has 4 aromatic heterocycles. The predicted molar refractivity (Wildman–Crippen MR) is 198 cm³/mol. The minimum Gasteiger partial charge on any atom is -0.370 e. The van der Waals surface area contributed by atoms with Crippen molar-refractivity contribution in [2.45, 2.75) is 50.0 Å². The Kier molecular flexibility index (Phi) is 5.95. The van der Waals surface area contributed by atoms with Gasteiger partial charge in [-0.15, -0.1) is 0 Å². The Bertz CT molecular complexity index is 2770. The Labute approximate surface area is 303 Å². The monoisotopic (exact) mass is 705 g/mol. The number of nitrogens with zero attached hydrogens (tertiary/aromatic N) is 6. The highest BCUT2D eigenvalue weighted by Gasteiger charge is 2.73. The van der Waals surface area contributed by atoms with Gasteiger partial charge >= 0.3 is 12.0 Å². The fraction of sp³-hybridized carbons (Fsp3) is 0.209. The quantitative estimate of drug-likeness (QED) is 0.147. The largest absolute Gasteiger partial charge is 0.435 e. The van der Waals surface area contributed by atoms with Gasteiger partial charge in [-0.05, 0) is 59.9 Å². The van der Waals surface area contributed by atoms with E-state index in [1.165, 1.54) is 17.0 Å². The van der Waals surface area contributed by atoms with Gasteiger partial charge in [-0.1, -0.05) is 56.3 Å². The maximum Gasteiger partial charge on any atom is 0.435 e. The second-order valence-corrected chi connectivity index (χ2v) is 14.4. The lowest BCUT2D eigenvalue weighted by atomic mass is 9.55. The number of pyridine rings is 2. The zero-order valence-corrected chi connectivity index (χ0v) is 29.1. The van der Waals surface area contributed by atoms with Gasteiger partial charge in [-0.2, -0.15) is 22.8 Å². The number of allylic oxidation sites excluding steroid dienone is 1. The lowest BCUT2D eigenvalue weighted by molar-refractivity contribution is -0.770. The van der Waals surface area contributed by atoms with Gasteiger partial charge in [0.2, 0.25) is 11.2 Å². The predicted octanol–water partition coefficient (Wildman–Crippen LogP) is 8.83. The molecular formula is C43H34F3N7+2. The molecule has 0 amide bonds. The fourth-order valence-electron chi connectivity index (χ4n) is 10.3. The summed E-state index contributed by atoms with van der Waals surface area (Å²) in [6.07, 6.45) is 2.75. The van der Waals surface area contributed by atoms with E-state index in [1.54, 1.807) is 4.68 Å². The average Bonchev–Trinajstić information content (AvgIpc) is 3.87. The highest BCUT2D eigenvalue weighted by Crippen LogP contribution is 2.63. The van der Waals surface area contributed by atoms with E-state index in [4.69, 9.17) is 4.98 Å². The van der Waals surface area contributed by atoms with Crippen LogP contribution in [0, 0.1) is 0 Å². The molecule has 3 aromatic carbocycles. The lowest BCUT2D eigenvalue weighted by Gasteiger charge is -2.56. The van der Waals surface area contributed by atoms with Crippen LogP contribution in [0.5, 0.6) is 0 Å². The SMILES string of the molecule is CCC12C=C(C3c4ccc5c(c4C4=[N+]3c3ncccc3NC4)c3ccccc3n5-c3ccccc3)C1(CC)[n+]1ccccc1-c1cc(C(F)(F)F)nn12. The Balaban J connectivity index is 1.24. The van der Waals surface area contributed by atoms with Crippen LogP contribution in [-0.4, -0.2) is 36.2 Å².